The molecule has 0 fully saturated rings. The number of hydrogen-bond donors (Lipinski definition) is 0. The molecule has 18 heavy (non-hydrogen) atoms. The van der Waals surface area contributed by atoms with Crippen molar-refractivity contribution in [2.75, 3.05) is 7.11 Å². The molecule has 0 spiro atoms. The molecule has 0 atom stereocenters. The first-order chi connectivity index (χ1) is 8.28. The molecule has 1 aromatic carbocycles. The third-order valence-electron chi connectivity index (χ3n) is 2.71. The van der Waals surface area contributed by atoms with Crippen LogP contribution in [0.1, 0.15) is 33.3 Å². The lowest BCUT2D eigenvalue weighted by atomic mass is 9.85. The predicted molar refractivity (Wildman–Crippen MR) is 74.9 cm³/mol. The van der Waals surface area contributed by atoms with Crippen LogP contribution in [0.2, 0.25) is 0 Å². The van der Waals surface area contributed by atoms with Crippen molar-refractivity contribution in [3.8, 4) is 5.75 Å². The lowest BCUT2D eigenvalue weighted by molar-refractivity contribution is -0.146. The van der Waals surface area contributed by atoms with Gasteiger partial charge in [0.1, 0.15) is 5.75 Å². The van der Waals surface area contributed by atoms with E-state index in [1.807, 2.05) is 45.9 Å². The fourth-order valence-electron chi connectivity index (χ4n) is 1.61. The average molecular weight is 315 g/mol. The molecule has 0 radical (unpaired) electrons. The maximum atomic E-state index is 11.7. The van der Waals surface area contributed by atoms with Crippen molar-refractivity contribution in [3.05, 3.63) is 28.2 Å². The molecule has 0 aliphatic rings. The number of carbonyl (C=O) groups is 1. The molecule has 0 aromatic heterocycles. The zero-order valence-corrected chi connectivity index (χ0v) is 13.0. The third-order valence-corrected chi connectivity index (χ3v) is 3.33. The minimum Gasteiger partial charge on any atom is -0.490 e. The highest BCUT2D eigenvalue weighted by atomic mass is 79.9. The molecule has 1 aromatic rings. The highest BCUT2D eigenvalue weighted by molar-refractivity contribution is 9.10. The molecule has 0 heterocycles. The highest BCUT2D eigenvalue weighted by Crippen LogP contribution is 2.32. The molecule has 0 saturated carbocycles. The van der Waals surface area contributed by atoms with E-state index < -0.39 is 5.41 Å². The quantitative estimate of drug-likeness (QED) is 0.795. The summed E-state index contributed by atoms with van der Waals surface area (Å²) in [5.41, 5.74) is 0.213. The average Bonchev–Trinajstić information content (AvgIpc) is 2.29. The monoisotopic (exact) mass is 314 g/mol. The zero-order valence-electron chi connectivity index (χ0n) is 11.4. The fourth-order valence-corrected chi connectivity index (χ4v) is 2.08. The van der Waals surface area contributed by atoms with Crippen LogP contribution in [0.3, 0.4) is 0 Å². The second kappa shape index (κ2) is 5.74. The summed E-state index contributed by atoms with van der Waals surface area (Å²) in [5, 5.41) is 0. The van der Waals surface area contributed by atoms with Gasteiger partial charge < -0.3 is 9.47 Å². The Kier molecular flexibility index (Phi) is 4.79. The Morgan fingerprint density at radius 3 is 2.39 bits per heavy atom. The van der Waals surface area contributed by atoms with Crippen LogP contribution in [0.15, 0.2) is 22.7 Å². The van der Waals surface area contributed by atoms with Crippen LogP contribution in [0, 0.1) is 0 Å². The first-order valence-electron chi connectivity index (χ1n) is 5.84. The predicted octanol–water partition coefficient (Wildman–Crippen LogP) is 3.69. The number of carbonyl (C=O) groups excluding carboxylic acids is 1. The molecular formula is C14H19BrO3. The van der Waals surface area contributed by atoms with Crippen LogP contribution in [-0.4, -0.2) is 19.2 Å². The zero-order chi connectivity index (χ0) is 13.9. The summed E-state index contributed by atoms with van der Waals surface area (Å²) in [4.78, 5) is 11.7. The number of benzene rings is 1. The summed E-state index contributed by atoms with van der Waals surface area (Å²) in [6.07, 6.45) is 0.112. The molecule has 0 aliphatic carbocycles. The van der Waals surface area contributed by atoms with E-state index in [2.05, 4.69) is 15.9 Å². The Balaban J connectivity index is 3.07. The van der Waals surface area contributed by atoms with E-state index in [-0.39, 0.29) is 12.1 Å². The van der Waals surface area contributed by atoms with Gasteiger partial charge in [-0.1, -0.05) is 6.07 Å². The third kappa shape index (κ3) is 3.25. The molecule has 0 aliphatic heterocycles. The maximum Gasteiger partial charge on any atom is 0.315 e. The molecule has 0 amide bonds. The summed E-state index contributed by atoms with van der Waals surface area (Å²) in [6, 6.07) is 5.65. The summed E-state index contributed by atoms with van der Waals surface area (Å²) >= 11 is 3.46. The normalized spacial score (nSPS) is 11.5. The van der Waals surface area contributed by atoms with Crippen molar-refractivity contribution in [3.63, 3.8) is 0 Å². The van der Waals surface area contributed by atoms with E-state index in [9.17, 15) is 4.79 Å². The van der Waals surface area contributed by atoms with Crippen molar-refractivity contribution >= 4 is 21.9 Å². The van der Waals surface area contributed by atoms with Crippen LogP contribution in [0.25, 0.3) is 0 Å². The second-order valence-corrected chi connectivity index (χ2v) is 5.78. The van der Waals surface area contributed by atoms with Gasteiger partial charge in [0.25, 0.3) is 0 Å². The first kappa shape index (κ1) is 15.0. The molecule has 3 nitrogen and oxygen atoms in total. The van der Waals surface area contributed by atoms with Crippen molar-refractivity contribution in [2.45, 2.75) is 39.2 Å². The smallest absolute Gasteiger partial charge is 0.315 e. The molecule has 0 saturated heterocycles. The number of rotatable bonds is 4. The number of halogens is 1. The minimum atomic E-state index is -0.673. The standard InChI is InChI=1S/C14H19BrO3/c1-9(2)18-12-7-6-10(8-11(12)15)14(3,4)13(16)17-5/h6-9H,1-5H3. The number of hydrogen-bond acceptors (Lipinski definition) is 3. The van der Waals surface area contributed by atoms with Crippen LogP contribution in [-0.2, 0) is 14.9 Å². The lowest BCUT2D eigenvalue weighted by Gasteiger charge is -2.23. The second-order valence-electron chi connectivity index (χ2n) is 4.93. The fraction of sp³-hybridized carbons (Fsp3) is 0.500. The topological polar surface area (TPSA) is 35.5 Å². The Labute approximate surface area is 117 Å². The first-order valence-corrected chi connectivity index (χ1v) is 6.63. The molecular weight excluding hydrogens is 296 g/mol. The minimum absolute atomic E-state index is 0.112. The van der Waals surface area contributed by atoms with E-state index in [4.69, 9.17) is 9.47 Å². The largest absolute Gasteiger partial charge is 0.490 e. The van der Waals surface area contributed by atoms with Crippen LogP contribution in [0.5, 0.6) is 5.75 Å². The van der Waals surface area contributed by atoms with Gasteiger partial charge in [-0.15, -0.1) is 0 Å². The van der Waals surface area contributed by atoms with E-state index in [0.29, 0.717) is 0 Å². The van der Waals surface area contributed by atoms with Gasteiger partial charge in [-0.2, -0.15) is 0 Å². The van der Waals surface area contributed by atoms with Gasteiger partial charge in [0, 0.05) is 0 Å². The summed E-state index contributed by atoms with van der Waals surface area (Å²) in [5.74, 6) is 0.515. The van der Waals surface area contributed by atoms with Crippen LogP contribution >= 0.6 is 15.9 Å². The van der Waals surface area contributed by atoms with Crippen LogP contribution in [0.4, 0.5) is 0 Å². The van der Waals surface area contributed by atoms with E-state index in [1.54, 1.807) is 0 Å². The van der Waals surface area contributed by atoms with E-state index >= 15 is 0 Å². The summed E-state index contributed by atoms with van der Waals surface area (Å²) in [6.45, 7) is 7.62. The Hall–Kier alpha value is -1.03. The Morgan fingerprint density at radius 2 is 1.94 bits per heavy atom. The van der Waals surface area contributed by atoms with Gasteiger partial charge in [-0.3, -0.25) is 4.79 Å². The van der Waals surface area contributed by atoms with Crippen molar-refractivity contribution in [2.24, 2.45) is 0 Å². The van der Waals surface area contributed by atoms with Gasteiger partial charge >= 0.3 is 5.97 Å². The maximum absolute atomic E-state index is 11.7. The van der Waals surface area contributed by atoms with Crippen molar-refractivity contribution in [1.82, 2.24) is 0 Å². The van der Waals surface area contributed by atoms with E-state index in [1.165, 1.54) is 7.11 Å². The number of methoxy groups -OCH3 is 1. The summed E-state index contributed by atoms with van der Waals surface area (Å²) < 4.78 is 11.3. The molecule has 100 valence electrons. The molecule has 4 heteroatoms. The van der Waals surface area contributed by atoms with Crippen molar-refractivity contribution in [1.29, 1.82) is 0 Å². The van der Waals surface area contributed by atoms with E-state index in [0.717, 1.165) is 15.8 Å². The number of esters is 1. The van der Waals surface area contributed by atoms with Gasteiger partial charge in [0.2, 0.25) is 0 Å². The van der Waals surface area contributed by atoms with Gasteiger partial charge in [-0.25, -0.2) is 0 Å². The molecule has 0 N–H and O–H groups in total. The SMILES string of the molecule is COC(=O)C(C)(C)c1ccc(OC(C)C)c(Br)c1. The lowest BCUT2D eigenvalue weighted by Crippen LogP contribution is -2.30. The van der Waals surface area contributed by atoms with Crippen LogP contribution < -0.4 is 4.74 Å². The Morgan fingerprint density at radius 1 is 1.33 bits per heavy atom. The summed E-state index contributed by atoms with van der Waals surface area (Å²) in [7, 11) is 1.40. The molecule has 1 rings (SSSR count). The van der Waals surface area contributed by atoms with Gasteiger partial charge in [-0.05, 0) is 61.3 Å². The number of ether oxygens (including phenoxy) is 2. The molecule has 0 unspecified atom stereocenters. The van der Waals surface area contributed by atoms with Gasteiger partial charge in [0.15, 0.2) is 0 Å². The highest BCUT2D eigenvalue weighted by Gasteiger charge is 2.31. The van der Waals surface area contributed by atoms with Gasteiger partial charge in [0.05, 0.1) is 23.1 Å². The Bertz CT molecular complexity index is 439. The van der Waals surface area contributed by atoms with Crippen molar-refractivity contribution < 1.29 is 14.3 Å². The molecule has 0 bridgehead atoms.